The van der Waals surface area contributed by atoms with E-state index in [0.717, 1.165) is 31.6 Å². The van der Waals surface area contributed by atoms with Crippen LogP contribution in [-0.2, 0) is 6.42 Å². The van der Waals surface area contributed by atoms with Crippen LogP contribution < -0.4 is 15.4 Å². The minimum atomic E-state index is -0.433. The Morgan fingerprint density at radius 1 is 1.39 bits per heavy atom. The standard InChI is InChI=1S/C15H20N4O3S/c1-3-7-16-8-6-11-10-23-15(17-11)18-13-9-12(19(20)21)4-5-14(13)22-2/h4-5,9-10,16H,3,6-8H2,1-2H3,(H,17,18). The number of methoxy groups -OCH3 is 1. The molecule has 1 aromatic heterocycles. The van der Waals surface area contributed by atoms with Crippen molar-refractivity contribution < 1.29 is 9.66 Å². The van der Waals surface area contributed by atoms with E-state index in [-0.39, 0.29) is 5.69 Å². The van der Waals surface area contributed by atoms with Gasteiger partial charge in [-0.15, -0.1) is 11.3 Å². The molecule has 0 atom stereocenters. The van der Waals surface area contributed by atoms with Gasteiger partial charge in [0.1, 0.15) is 5.75 Å². The van der Waals surface area contributed by atoms with Crippen molar-refractivity contribution in [3.8, 4) is 5.75 Å². The van der Waals surface area contributed by atoms with Crippen molar-refractivity contribution in [3.63, 3.8) is 0 Å². The van der Waals surface area contributed by atoms with Crippen molar-refractivity contribution in [1.29, 1.82) is 0 Å². The average Bonchev–Trinajstić information content (AvgIpc) is 2.99. The van der Waals surface area contributed by atoms with Crippen LogP contribution in [0.1, 0.15) is 19.0 Å². The summed E-state index contributed by atoms with van der Waals surface area (Å²) in [5.41, 5.74) is 1.53. The number of anilines is 2. The lowest BCUT2D eigenvalue weighted by Gasteiger charge is -2.08. The Morgan fingerprint density at radius 2 is 2.22 bits per heavy atom. The number of nitro benzene ring substituents is 1. The first-order valence-electron chi connectivity index (χ1n) is 7.38. The van der Waals surface area contributed by atoms with Gasteiger partial charge in [-0.1, -0.05) is 6.92 Å². The van der Waals surface area contributed by atoms with E-state index >= 15 is 0 Å². The maximum absolute atomic E-state index is 10.9. The monoisotopic (exact) mass is 336 g/mol. The molecule has 0 saturated heterocycles. The van der Waals surface area contributed by atoms with Crippen LogP contribution in [0.5, 0.6) is 5.75 Å². The van der Waals surface area contributed by atoms with Gasteiger partial charge in [0.05, 0.1) is 23.4 Å². The number of rotatable bonds is 9. The number of non-ortho nitro benzene ring substituents is 1. The Kier molecular flexibility index (Phi) is 6.30. The molecule has 0 aliphatic rings. The van der Waals surface area contributed by atoms with Crippen LogP contribution in [0.2, 0.25) is 0 Å². The number of ether oxygens (including phenoxy) is 1. The largest absolute Gasteiger partial charge is 0.495 e. The van der Waals surface area contributed by atoms with Crippen LogP contribution >= 0.6 is 11.3 Å². The summed E-state index contributed by atoms with van der Waals surface area (Å²) in [7, 11) is 1.53. The first kappa shape index (κ1) is 17.2. The second-order valence-corrected chi connectivity index (χ2v) is 5.77. The Morgan fingerprint density at radius 3 is 2.91 bits per heavy atom. The molecule has 0 fully saturated rings. The van der Waals surface area contributed by atoms with Gasteiger partial charge in [-0.05, 0) is 19.0 Å². The summed E-state index contributed by atoms with van der Waals surface area (Å²) in [5.74, 6) is 0.539. The molecule has 0 aliphatic carbocycles. The van der Waals surface area contributed by atoms with Gasteiger partial charge in [0, 0.05) is 30.5 Å². The highest BCUT2D eigenvalue weighted by atomic mass is 32.1. The maximum Gasteiger partial charge on any atom is 0.271 e. The van der Waals surface area contributed by atoms with E-state index in [1.165, 1.54) is 30.6 Å². The molecule has 0 unspecified atom stereocenters. The van der Waals surface area contributed by atoms with Gasteiger partial charge in [0.15, 0.2) is 5.13 Å². The average molecular weight is 336 g/mol. The van der Waals surface area contributed by atoms with Gasteiger partial charge in [0.2, 0.25) is 0 Å². The van der Waals surface area contributed by atoms with E-state index in [9.17, 15) is 10.1 Å². The lowest BCUT2D eigenvalue weighted by Crippen LogP contribution is -2.17. The summed E-state index contributed by atoms with van der Waals surface area (Å²) in [4.78, 5) is 15.0. The zero-order valence-electron chi connectivity index (χ0n) is 13.2. The van der Waals surface area contributed by atoms with Crippen molar-refractivity contribution in [1.82, 2.24) is 10.3 Å². The van der Waals surface area contributed by atoms with Crippen molar-refractivity contribution in [2.24, 2.45) is 0 Å². The zero-order chi connectivity index (χ0) is 16.7. The third-order valence-corrected chi connectivity index (χ3v) is 3.98. The van der Waals surface area contributed by atoms with Crippen LogP contribution in [0, 0.1) is 10.1 Å². The van der Waals surface area contributed by atoms with E-state index in [0.29, 0.717) is 16.6 Å². The molecule has 2 rings (SSSR count). The molecule has 23 heavy (non-hydrogen) atoms. The molecule has 1 heterocycles. The predicted octanol–water partition coefficient (Wildman–Crippen LogP) is 3.35. The molecular weight excluding hydrogens is 316 g/mol. The number of hydrogen-bond acceptors (Lipinski definition) is 7. The molecule has 0 bridgehead atoms. The molecule has 2 N–H and O–H groups in total. The third-order valence-electron chi connectivity index (χ3n) is 3.17. The topological polar surface area (TPSA) is 89.3 Å². The smallest absolute Gasteiger partial charge is 0.271 e. The Bertz CT molecular complexity index is 660. The highest BCUT2D eigenvalue weighted by Crippen LogP contribution is 2.32. The summed E-state index contributed by atoms with van der Waals surface area (Å²) in [6.45, 7) is 4.02. The molecule has 0 saturated carbocycles. The lowest BCUT2D eigenvalue weighted by molar-refractivity contribution is -0.384. The molecule has 1 aromatic carbocycles. The van der Waals surface area contributed by atoms with Crippen LogP contribution in [0.25, 0.3) is 0 Å². The number of thiazole rings is 1. The van der Waals surface area contributed by atoms with Gasteiger partial charge in [-0.25, -0.2) is 4.98 Å². The van der Waals surface area contributed by atoms with Crippen LogP contribution in [0.15, 0.2) is 23.6 Å². The van der Waals surface area contributed by atoms with E-state index in [1.54, 1.807) is 6.07 Å². The summed E-state index contributed by atoms with van der Waals surface area (Å²) < 4.78 is 5.23. The number of nitrogens with one attached hydrogen (secondary N) is 2. The number of nitro groups is 1. The van der Waals surface area contributed by atoms with Gasteiger partial charge >= 0.3 is 0 Å². The lowest BCUT2D eigenvalue weighted by atomic mass is 10.2. The minimum absolute atomic E-state index is 0.00819. The van der Waals surface area contributed by atoms with E-state index in [1.807, 2.05) is 5.38 Å². The highest BCUT2D eigenvalue weighted by Gasteiger charge is 2.12. The number of hydrogen-bond donors (Lipinski definition) is 2. The quantitative estimate of drug-likeness (QED) is 0.415. The van der Waals surface area contributed by atoms with Crippen LogP contribution in [-0.4, -0.2) is 30.1 Å². The van der Waals surface area contributed by atoms with E-state index in [4.69, 9.17) is 4.74 Å². The second kappa shape index (κ2) is 8.44. The normalized spacial score (nSPS) is 10.5. The van der Waals surface area contributed by atoms with Crippen LogP contribution in [0.3, 0.4) is 0 Å². The van der Waals surface area contributed by atoms with Crippen molar-refractivity contribution in [2.45, 2.75) is 19.8 Å². The van der Waals surface area contributed by atoms with Gasteiger partial charge in [0.25, 0.3) is 5.69 Å². The molecule has 0 spiro atoms. The second-order valence-electron chi connectivity index (χ2n) is 4.91. The van der Waals surface area contributed by atoms with Gasteiger partial charge in [-0.2, -0.15) is 0 Å². The minimum Gasteiger partial charge on any atom is -0.495 e. The first-order chi connectivity index (χ1) is 11.1. The Labute approximate surface area is 138 Å². The van der Waals surface area contributed by atoms with Gasteiger partial charge < -0.3 is 15.4 Å². The SMILES string of the molecule is CCCNCCc1csc(Nc2cc([N+](=O)[O-])ccc2OC)n1. The van der Waals surface area contributed by atoms with E-state index < -0.39 is 4.92 Å². The van der Waals surface area contributed by atoms with Crippen molar-refractivity contribution in [2.75, 3.05) is 25.5 Å². The number of aromatic nitrogens is 1. The molecule has 8 heteroatoms. The Balaban J connectivity index is 2.05. The molecule has 0 aliphatic heterocycles. The summed E-state index contributed by atoms with van der Waals surface area (Å²) >= 11 is 1.47. The summed E-state index contributed by atoms with van der Waals surface area (Å²) in [5, 5.41) is 20.0. The molecule has 124 valence electrons. The maximum atomic E-state index is 10.9. The zero-order valence-corrected chi connectivity index (χ0v) is 14.0. The fourth-order valence-electron chi connectivity index (χ4n) is 2.02. The van der Waals surface area contributed by atoms with Crippen LogP contribution in [0.4, 0.5) is 16.5 Å². The molecule has 0 amide bonds. The summed E-state index contributed by atoms with van der Waals surface area (Å²) in [6, 6.07) is 4.43. The van der Waals surface area contributed by atoms with Gasteiger partial charge in [-0.3, -0.25) is 10.1 Å². The number of benzene rings is 1. The van der Waals surface area contributed by atoms with Crippen molar-refractivity contribution in [3.05, 3.63) is 39.4 Å². The predicted molar refractivity (Wildman–Crippen MR) is 91.9 cm³/mol. The fraction of sp³-hybridized carbons (Fsp3) is 0.400. The highest BCUT2D eigenvalue weighted by molar-refractivity contribution is 7.13. The van der Waals surface area contributed by atoms with Crippen molar-refractivity contribution >= 4 is 27.8 Å². The summed E-state index contributed by atoms with van der Waals surface area (Å²) in [6.07, 6.45) is 1.96. The molecule has 0 radical (unpaired) electrons. The fourth-order valence-corrected chi connectivity index (χ4v) is 2.78. The molecule has 2 aromatic rings. The molecule has 7 nitrogen and oxygen atoms in total. The Hall–Kier alpha value is -2.19. The first-order valence-corrected chi connectivity index (χ1v) is 8.26. The number of nitrogens with zero attached hydrogens (tertiary/aromatic N) is 2. The third kappa shape index (κ3) is 4.90. The molecular formula is C15H20N4O3S. The van der Waals surface area contributed by atoms with E-state index in [2.05, 4.69) is 22.5 Å².